The molecule has 0 fully saturated rings. The number of hydrogen-bond donors (Lipinski definition) is 1. The molecule has 0 unspecified atom stereocenters. The maximum Gasteiger partial charge on any atom is 0.340 e. The molecule has 0 radical (unpaired) electrons. The third kappa shape index (κ3) is 1.90. The minimum atomic E-state index is -0.787. The number of nitro benzene ring substituents is 1. The van der Waals surface area contributed by atoms with Gasteiger partial charge in [-0.2, -0.15) is 5.26 Å². The van der Waals surface area contributed by atoms with Gasteiger partial charge in [0, 0.05) is 11.8 Å². The number of ether oxygens (including phenoxy) is 1. The summed E-state index contributed by atoms with van der Waals surface area (Å²) in [4.78, 5) is 21.1. The first kappa shape index (κ1) is 11.5. The average molecular weight is 221 g/mol. The first-order valence-corrected chi connectivity index (χ1v) is 4.07. The monoisotopic (exact) mass is 221 g/mol. The van der Waals surface area contributed by atoms with E-state index in [-0.39, 0.29) is 16.8 Å². The Morgan fingerprint density at radius 2 is 2.25 bits per heavy atom. The van der Waals surface area contributed by atoms with E-state index in [0.717, 1.165) is 19.2 Å². The molecule has 0 atom stereocenters. The molecule has 0 amide bonds. The Labute approximate surface area is 90.2 Å². The van der Waals surface area contributed by atoms with E-state index in [1.165, 1.54) is 0 Å². The quantitative estimate of drug-likeness (QED) is 0.342. The Morgan fingerprint density at radius 3 is 2.69 bits per heavy atom. The van der Waals surface area contributed by atoms with Crippen molar-refractivity contribution >= 4 is 17.3 Å². The minimum absolute atomic E-state index is 0.0333. The van der Waals surface area contributed by atoms with Gasteiger partial charge in [0.05, 0.1) is 17.6 Å². The lowest BCUT2D eigenvalue weighted by atomic mass is 10.1. The molecule has 16 heavy (non-hydrogen) atoms. The molecule has 0 bridgehead atoms. The molecule has 0 saturated carbocycles. The van der Waals surface area contributed by atoms with Gasteiger partial charge in [-0.15, -0.1) is 0 Å². The summed E-state index contributed by atoms with van der Waals surface area (Å²) in [5, 5.41) is 19.3. The predicted octanol–water partition coefficient (Wildman–Crippen LogP) is 0.835. The van der Waals surface area contributed by atoms with Crippen LogP contribution in [-0.4, -0.2) is 18.0 Å². The van der Waals surface area contributed by atoms with Gasteiger partial charge in [0.1, 0.15) is 11.6 Å². The van der Waals surface area contributed by atoms with Gasteiger partial charge in [0.15, 0.2) is 0 Å². The Hall–Kier alpha value is -2.62. The van der Waals surface area contributed by atoms with Gasteiger partial charge in [-0.05, 0) is 6.07 Å². The molecule has 0 spiro atoms. The highest BCUT2D eigenvalue weighted by atomic mass is 16.6. The first-order chi connectivity index (χ1) is 7.51. The fourth-order valence-electron chi connectivity index (χ4n) is 1.13. The molecule has 1 aromatic carbocycles. The normalized spacial score (nSPS) is 9.25. The van der Waals surface area contributed by atoms with E-state index in [9.17, 15) is 14.9 Å². The number of methoxy groups -OCH3 is 1. The van der Waals surface area contributed by atoms with Crippen molar-refractivity contribution in [2.75, 3.05) is 12.8 Å². The van der Waals surface area contributed by atoms with Crippen molar-refractivity contribution in [3.63, 3.8) is 0 Å². The smallest absolute Gasteiger partial charge is 0.340 e. The first-order valence-electron chi connectivity index (χ1n) is 4.07. The van der Waals surface area contributed by atoms with Crippen LogP contribution in [0.2, 0.25) is 0 Å². The Kier molecular flexibility index (Phi) is 3.06. The second-order valence-corrected chi connectivity index (χ2v) is 2.82. The van der Waals surface area contributed by atoms with Gasteiger partial charge in [0.25, 0.3) is 5.69 Å². The largest absolute Gasteiger partial charge is 0.465 e. The van der Waals surface area contributed by atoms with Crippen molar-refractivity contribution < 1.29 is 14.5 Å². The van der Waals surface area contributed by atoms with Crippen molar-refractivity contribution in [2.45, 2.75) is 0 Å². The molecule has 0 aromatic heterocycles. The van der Waals surface area contributed by atoms with Gasteiger partial charge in [0.2, 0.25) is 0 Å². The van der Waals surface area contributed by atoms with Crippen LogP contribution in [0, 0.1) is 21.4 Å². The number of nitrogens with zero attached hydrogens (tertiary/aromatic N) is 2. The number of carbonyl (C=O) groups excluding carboxylic acids is 1. The molecular formula is C9H7N3O4. The summed E-state index contributed by atoms with van der Waals surface area (Å²) < 4.78 is 4.40. The highest BCUT2D eigenvalue weighted by molar-refractivity contribution is 5.96. The van der Waals surface area contributed by atoms with Gasteiger partial charge in [-0.25, -0.2) is 4.79 Å². The molecule has 0 aliphatic carbocycles. The number of nitro groups is 1. The van der Waals surface area contributed by atoms with Crippen LogP contribution in [0.1, 0.15) is 15.9 Å². The van der Waals surface area contributed by atoms with Crippen molar-refractivity contribution in [1.29, 1.82) is 5.26 Å². The number of benzene rings is 1. The number of nitrogen functional groups attached to an aromatic ring is 1. The van der Waals surface area contributed by atoms with Crippen LogP contribution in [0.3, 0.4) is 0 Å². The van der Waals surface area contributed by atoms with Gasteiger partial charge >= 0.3 is 5.97 Å². The van der Waals surface area contributed by atoms with Crippen molar-refractivity contribution in [3.05, 3.63) is 33.4 Å². The molecular weight excluding hydrogens is 214 g/mol. The zero-order chi connectivity index (χ0) is 12.3. The van der Waals surface area contributed by atoms with E-state index < -0.39 is 16.6 Å². The van der Waals surface area contributed by atoms with Crippen LogP contribution in [0.5, 0.6) is 0 Å². The molecule has 0 heterocycles. The zero-order valence-corrected chi connectivity index (χ0v) is 8.26. The summed E-state index contributed by atoms with van der Waals surface area (Å²) in [6.45, 7) is 0. The van der Waals surface area contributed by atoms with E-state index in [0.29, 0.717) is 0 Å². The maximum absolute atomic E-state index is 11.2. The summed E-state index contributed by atoms with van der Waals surface area (Å²) in [6, 6.07) is 3.63. The van der Waals surface area contributed by atoms with Crippen LogP contribution >= 0.6 is 0 Å². The van der Waals surface area contributed by atoms with E-state index >= 15 is 0 Å². The highest BCUT2D eigenvalue weighted by Crippen LogP contribution is 2.25. The van der Waals surface area contributed by atoms with Crippen molar-refractivity contribution in [1.82, 2.24) is 0 Å². The van der Waals surface area contributed by atoms with Crippen molar-refractivity contribution in [3.8, 4) is 6.07 Å². The number of carbonyl (C=O) groups is 1. The molecule has 0 saturated heterocycles. The number of anilines is 1. The van der Waals surface area contributed by atoms with Gasteiger partial charge < -0.3 is 10.5 Å². The lowest BCUT2D eigenvalue weighted by Gasteiger charge is -2.04. The van der Waals surface area contributed by atoms with E-state index in [1.807, 2.05) is 0 Å². The van der Waals surface area contributed by atoms with Crippen LogP contribution in [0.4, 0.5) is 11.4 Å². The topological polar surface area (TPSA) is 119 Å². The zero-order valence-electron chi connectivity index (χ0n) is 8.26. The number of hydrogen-bond acceptors (Lipinski definition) is 6. The lowest BCUT2D eigenvalue weighted by molar-refractivity contribution is -0.385. The summed E-state index contributed by atoms with van der Waals surface area (Å²) in [5.41, 5.74) is 4.63. The molecule has 7 heteroatoms. The van der Waals surface area contributed by atoms with Crippen LogP contribution < -0.4 is 5.73 Å². The van der Waals surface area contributed by atoms with E-state index in [4.69, 9.17) is 11.0 Å². The number of esters is 1. The highest BCUT2D eigenvalue weighted by Gasteiger charge is 2.20. The van der Waals surface area contributed by atoms with E-state index in [2.05, 4.69) is 4.74 Å². The third-order valence-corrected chi connectivity index (χ3v) is 1.89. The average Bonchev–Trinajstić information content (AvgIpc) is 2.27. The Balaban J connectivity index is 3.46. The molecule has 82 valence electrons. The summed E-state index contributed by atoms with van der Waals surface area (Å²) in [7, 11) is 1.13. The number of nitrogens with two attached hydrogens (primary N) is 1. The Bertz CT molecular complexity index is 504. The molecule has 7 nitrogen and oxygen atoms in total. The Morgan fingerprint density at radius 1 is 1.62 bits per heavy atom. The van der Waals surface area contributed by atoms with Crippen LogP contribution in [0.15, 0.2) is 12.1 Å². The summed E-state index contributed by atoms with van der Waals surface area (Å²) in [6.07, 6.45) is 0. The molecule has 1 aromatic rings. The second kappa shape index (κ2) is 4.27. The van der Waals surface area contributed by atoms with Crippen molar-refractivity contribution in [2.24, 2.45) is 0 Å². The minimum Gasteiger partial charge on any atom is -0.465 e. The van der Waals surface area contributed by atoms with Gasteiger partial charge in [-0.3, -0.25) is 10.1 Å². The summed E-state index contributed by atoms with van der Waals surface area (Å²) >= 11 is 0. The third-order valence-electron chi connectivity index (χ3n) is 1.89. The van der Waals surface area contributed by atoms with E-state index in [1.54, 1.807) is 6.07 Å². The van der Waals surface area contributed by atoms with Crippen LogP contribution in [-0.2, 0) is 4.74 Å². The molecule has 0 aliphatic heterocycles. The lowest BCUT2D eigenvalue weighted by Crippen LogP contribution is -2.07. The fraction of sp³-hybridized carbons (Fsp3) is 0.111. The van der Waals surface area contributed by atoms with Crippen LogP contribution in [0.25, 0.3) is 0 Å². The predicted molar refractivity (Wildman–Crippen MR) is 53.6 cm³/mol. The van der Waals surface area contributed by atoms with Gasteiger partial charge in [-0.1, -0.05) is 0 Å². The number of nitriles is 1. The standard InChI is InChI=1S/C9H7N3O4/c1-16-9(13)6-3-8(12(14)15)5(4-10)2-7(6)11/h2-3H,11H2,1H3. The molecule has 0 aliphatic rings. The summed E-state index contributed by atoms with van der Waals surface area (Å²) in [5.74, 6) is -0.787. The molecule has 2 N–H and O–H groups in total. The second-order valence-electron chi connectivity index (χ2n) is 2.82. The fourth-order valence-corrected chi connectivity index (χ4v) is 1.13. The molecule has 1 rings (SSSR count). The SMILES string of the molecule is COC(=O)c1cc([N+](=O)[O-])c(C#N)cc1N. The number of rotatable bonds is 2. The maximum atomic E-state index is 11.2.